The number of nitrogens with two attached hydrogens (primary N) is 2. The number of carboxylic acid groups (broad SMARTS) is 2. The number of aliphatic carboxylic acids is 2. The summed E-state index contributed by atoms with van der Waals surface area (Å²) in [6, 6.07) is 3.69. The van der Waals surface area contributed by atoms with E-state index < -0.39 is 66.2 Å². The van der Waals surface area contributed by atoms with Gasteiger partial charge in [-0.15, -0.1) is 0 Å². The second-order valence-electron chi connectivity index (χ2n) is 8.55. The Bertz CT molecular complexity index is 986. The van der Waals surface area contributed by atoms with Crippen LogP contribution in [-0.4, -0.2) is 81.4 Å². The molecule has 36 heavy (non-hydrogen) atoms. The average Bonchev–Trinajstić information content (AvgIpc) is 3.30. The van der Waals surface area contributed by atoms with Crippen LogP contribution in [0.3, 0.4) is 0 Å². The Morgan fingerprint density at radius 1 is 1.03 bits per heavy atom. The molecule has 2 rings (SSSR count). The highest BCUT2D eigenvalue weighted by molar-refractivity contribution is 5.95. The van der Waals surface area contributed by atoms with Gasteiger partial charge in [-0.05, 0) is 24.8 Å². The first kappa shape index (κ1) is 28.2. The van der Waals surface area contributed by atoms with E-state index in [1.54, 1.807) is 30.3 Å². The topological polar surface area (TPSA) is 222 Å². The number of carbonyl (C=O) groups is 6. The molecule has 0 aliphatic carbocycles. The molecule has 1 heterocycles. The summed E-state index contributed by atoms with van der Waals surface area (Å²) in [6.45, 7) is 0.181. The summed E-state index contributed by atoms with van der Waals surface area (Å²) in [5, 5.41) is 23.3. The molecule has 13 heteroatoms. The Morgan fingerprint density at radius 3 is 2.28 bits per heavy atom. The van der Waals surface area contributed by atoms with Gasteiger partial charge in [0.15, 0.2) is 0 Å². The van der Waals surface area contributed by atoms with E-state index in [-0.39, 0.29) is 32.2 Å². The molecule has 0 radical (unpaired) electrons. The third-order valence-corrected chi connectivity index (χ3v) is 5.76. The van der Waals surface area contributed by atoms with Gasteiger partial charge in [-0.2, -0.15) is 0 Å². The Morgan fingerprint density at radius 2 is 1.69 bits per heavy atom. The molecule has 0 spiro atoms. The molecule has 8 N–H and O–H groups in total. The van der Waals surface area contributed by atoms with Crippen molar-refractivity contribution in [1.29, 1.82) is 0 Å². The summed E-state index contributed by atoms with van der Waals surface area (Å²) in [5.74, 6) is -5.51. The van der Waals surface area contributed by atoms with Crippen LogP contribution in [0.25, 0.3) is 0 Å². The van der Waals surface area contributed by atoms with Crippen LogP contribution < -0.4 is 22.1 Å². The van der Waals surface area contributed by atoms with Gasteiger partial charge in [0.2, 0.25) is 23.6 Å². The zero-order valence-electron chi connectivity index (χ0n) is 19.6. The molecular formula is C23H31N5O8. The number of carboxylic acids is 2. The van der Waals surface area contributed by atoms with Crippen molar-refractivity contribution in [2.24, 2.45) is 11.5 Å². The molecule has 13 nitrogen and oxygen atoms in total. The first-order chi connectivity index (χ1) is 17.0. The average molecular weight is 506 g/mol. The van der Waals surface area contributed by atoms with Crippen molar-refractivity contribution in [3.8, 4) is 0 Å². The minimum Gasteiger partial charge on any atom is -0.481 e. The van der Waals surface area contributed by atoms with Crippen LogP contribution in [0.15, 0.2) is 30.3 Å². The van der Waals surface area contributed by atoms with Crippen molar-refractivity contribution >= 4 is 35.6 Å². The van der Waals surface area contributed by atoms with E-state index in [0.717, 1.165) is 0 Å². The summed E-state index contributed by atoms with van der Waals surface area (Å²) >= 11 is 0. The number of rotatable bonds is 13. The molecule has 0 bridgehead atoms. The van der Waals surface area contributed by atoms with E-state index in [9.17, 15) is 33.9 Å². The number of amides is 4. The molecule has 1 saturated heterocycles. The number of nitrogens with one attached hydrogen (secondary N) is 2. The summed E-state index contributed by atoms with van der Waals surface area (Å²) in [4.78, 5) is 73.6. The van der Waals surface area contributed by atoms with Crippen molar-refractivity contribution in [1.82, 2.24) is 15.5 Å². The number of likely N-dealkylation sites (tertiary alicyclic amines) is 1. The molecule has 1 aliphatic heterocycles. The van der Waals surface area contributed by atoms with E-state index in [1.807, 2.05) is 0 Å². The molecule has 4 amide bonds. The molecule has 1 aliphatic rings. The highest BCUT2D eigenvalue weighted by atomic mass is 16.4. The van der Waals surface area contributed by atoms with Gasteiger partial charge in [0.1, 0.15) is 18.1 Å². The summed E-state index contributed by atoms with van der Waals surface area (Å²) in [5.41, 5.74) is 11.5. The third kappa shape index (κ3) is 8.34. The molecule has 1 aromatic carbocycles. The van der Waals surface area contributed by atoms with Gasteiger partial charge < -0.3 is 37.2 Å². The van der Waals surface area contributed by atoms with Crippen molar-refractivity contribution in [3.63, 3.8) is 0 Å². The van der Waals surface area contributed by atoms with Gasteiger partial charge in [-0.1, -0.05) is 30.3 Å². The van der Waals surface area contributed by atoms with Crippen LogP contribution in [0.4, 0.5) is 0 Å². The maximum atomic E-state index is 13.0. The Kier molecular flexibility index (Phi) is 10.3. The largest absolute Gasteiger partial charge is 0.481 e. The first-order valence-corrected chi connectivity index (χ1v) is 11.4. The zero-order valence-corrected chi connectivity index (χ0v) is 19.6. The van der Waals surface area contributed by atoms with Crippen LogP contribution in [0.5, 0.6) is 0 Å². The number of hydrogen-bond donors (Lipinski definition) is 6. The highest BCUT2D eigenvalue weighted by Gasteiger charge is 2.38. The summed E-state index contributed by atoms with van der Waals surface area (Å²) in [7, 11) is 0. The van der Waals surface area contributed by atoms with E-state index in [2.05, 4.69) is 10.6 Å². The maximum Gasteiger partial charge on any atom is 0.326 e. The Labute approximate surface area is 207 Å². The monoisotopic (exact) mass is 505 g/mol. The van der Waals surface area contributed by atoms with E-state index >= 15 is 0 Å². The molecule has 1 fully saturated rings. The smallest absolute Gasteiger partial charge is 0.326 e. The highest BCUT2D eigenvalue weighted by Crippen LogP contribution is 2.19. The van der Waals surface area contributed by atoms with E-state index in [1.165, 1.54) is 4.90 Å². The predicted molar refractivity (Wildman–Crippen MR) is 125 cm³/mol. The predicted octanol–water partition coefficient (Wildman–Crippen LogP) is -1.66. The van der Waals surface area contributed by atoms with Gasteiger partial charge in [-0.25, -0.2) is 4.79 Å². The lowest BCUT2D eigenvalue weighted by Crippen LogP contribution is -2.57. The molecule has 196 valence electrons. The number of hydrogen-bond acceptors (Lipinski definition) is 7. The first-order valence-electron chi connectivity index (χ1n) is 11.4. The second-order valence-corrected chi connectivity index (χ2v) is 8.55. The van der Waals surface area contributed by atoms with Crippen molar-refractivity contribution < 1.29 is 39.0 Å². The molecule has 4 unspecified atom stereocenters. The lowest BCUT2D eigenvalue weighted by atomic mass is 10.0. The standard InChI is InChI=1S/C23H31N5O8/c24-14(12-19(30)31)22(34)28-10-4-7-17(28)21(33)26-15(8-9-18(25)29)20(32)27-16(23(35)36)11-13-5-2-1-3-6-13/h1-3,5-6,14-17H,4,7-12,24H2,(H2,25,29)(H,26,33)(H,27,32)(H,30,31)(H,35,36). The molecule has 1 aromatic rings. The molecule has 4 atom stereocenters. The van der Waals surface area contributed by atoms with Crippen LogP contribution in [0.1, 0.15) is 37.7 Å². The third-order valence-electron chi connectivity index (χ3n) is 5.76. The van der Waals surface area contributed by atoms with E-state index in [4.69, 9.17) is 16.6 Å². The number of carbonyl (C=O) groups excluding carboxylic acids is 4. The minimum absolute atomic E-state index is 0.00916. The van der Waals surface area contributed by atoms with Gasteiger partial charge in [0, 0.05) is 19.4 Å². The number of benzene rings is 1. The second kappa shape index (κ2) is 13.2. The van der Waals surface area contributed by atoms with Gasteiger partial charge in [0.25, 0.3) is 0 Å². The van der Waals surface area contributed by atoms with Crippen LogP contribution in [-0.2, 0) is 35.2 Å². The lowest BCUT2D eigenvalue weighted by molar-refractivity contribution is -0.144. The lowest BCUT2D eigenvalue weighted by Gasteiger charge is -2.28. The fourth-order valence-corrected chi connectivity index (χ4v) is 3.94. The summed E-state index contributed by atoms with van der Waals surface area (Å²) in [6.07, 6.45) is -0.349. The number of nitrogens with zero attached hydrogens (tertiary/aromatic N) is 1. The molecule has 0 saturated carbocycles. The fraction of sp³-hybridized carbons (Fsp3) is 0.478. The normalized spacial score (nSPS) is 17.5. The Hall–Kier alpha value is -4.00. The Balaban J connectivity index is 2.13. The van der Waals surface area contributed by atoms with Crippen molar-refractivity contribution in [2.75, 3.05) is 6.54 Å². The van der Waals surface area contributed by atoms with Crippen molar-refractivity contribution in [2.45, 2.75) is 62.7 Å². The quantitative estimate of drug-likeness (QED) is 0.180. The maximum absolute atomic E-state index is 13.0. The van der Waals surface area contributed by atoms with Crippen LogP contribution in [0, 0.1) is 0 Å². The fourth-order valence-electron chi connectivity index (χ4n) is 3.94. The van der Waals surface area contributed by atoms with Gasteiger partial charge in [-0.3, -0.25) is 24.0 Å². The van der Waals surface area contributed by atoms with Gasteiger partial charge >= 0.3 is 11.9 Å². The van der Waals surface area contributed by atoms with Crippen LogP contribution in [0.2, 0.25) is 0 Å². The van der Waals surface area contributed by atoms with Crippen LogP contribution >= 0.6 is 0 Å². The zero-order chi connectivity index (χ0) is 26.8. The molecule has 0 aromatic heterocycles. The van der Waals surface area contributed by atoms with Gasteiger partial charge in [0.05, 0.1) is 12.5 Å². The van der Waals surface area contributed by atoms with E-state index in [0.29, 0.717) is 12.0 Å². The number of primary amides is 1. The SMILES string of the molecule is NC(=O)CCC(NC(=O)C1CCCN1C(=O)C(N)CC(=O)O)C(=O)NC(Cc1ccccc1)C(=O)O. The summed E-state index contributed by atoms with van der Waals surface area (Å²) < 4.78 is 0. The molecular weight excluding hydrogens is 474 g/mol. The van der Waals surface area contributed by atoms with Crippen molar-refractivity contribution in [3.05, 3.63) is 35.9 Å². The minimum atomic E-state index is -1.33.